The Kier molecular flexibility index (Phi) is 6.52. The Morgan fingerprint density at radius 1 is 1.12 bits per heavy atom. The molecular weight excluding hydrogens is 349 g/mol. The number of hydrogen-bond donors (Lipinski definition) is 3. The molecule has 0 fully saturated rings. The number of carbonyl (C=O) groups excluding carboxylic acids is 1. The second-order valence-electron chi connectivity index (χ2n) is 4.49. The van der Waals surface area contributed by atoms with Crippen LogP contribution in [0.5, 0.6) is 5.75 Å². The number of carboxylic acid groups (broad SMARTS) is 1. The summed E-state index contributed by atoms with van der Waals surface area (Å²) in [6.07, 6.45) is 1.46. The fraction of sp³-hybridized carbons (Fsp3) is 0. The van der Waals surface area contributed by atoms with E-state index < -0.39 is 32.6 Å². The molecule has 1 amide bonds. The molecule has 0 spiro atoms. The molecule has 0 aliphatic heterocycles. The normalized spacial score (nSPS) is 11.2. The molecule has 0 aliphatic carbocycles. The Morgan fingerprint density at radius 3 is 2.38 bits per heavy atom. The number of anilines is 1. The van der Waals surface area contributed by atoms with Gasteiger partial charge in [0.1, 0.15) is 0 Å². The molecule has 0 aromatic heterocycles. The number of hydrogen-bond acceptors (Lipinski definition) is 5. The van der Waals surface area contributed by atoms with E-state index in [1.54, 1.807) is 0 Å². The van der Waals surface area contributed by atoms with Crippen LogP contribution in [0.1, 0.15) is 0 Å². The van der Waals surface area contributed by atoms with Gasteiger partial charge in [-0.1, -0.05) is 11.8 Å². The summed E-state index contributed by atoms with van der Waals surface area (Å²) in [4.78, 5) is 21.3. The van der Waals surface area contributed by atoms with Gasteiger partial charge in [-0.05, 0) is 35.0 Å². The van der Waals surface area contributed by atoms with E-state index in [2.05, 4.69) is 5.32 Å². The molecule has 2 aromatic carbocycles. The summed E-state index contributed by atoms with van der Waals surface area (Å²) in [6.45, 7) is 0. The molecule has 10 heteroatoms. The van der Waals surface area contributed by atoms with E-state index in [4.69, 9.17) is 9.66 Å². The minimum atomic E-state index is -4.53. The van der Waals surface area contributed by atoms with Gasteiger partial charge in [-0.15, -0.1) is 0 Å². The number of amides is 1. The smallest absolute Gasteiger partial charge is 0.872 e. The number of fused-ring (bicyclic) bond motifs is 1. The third-order valence-corrected chi connectivity index (χ3v) is 3.66. The van der Waals surface area contributed by atoms with Crippen molar-refractivity contribution >= 4 is 38.5 Å². The summed E-state index contributed by atoms with van der Waals surface area (Å²) in [7, 11) is -4.53. The van der Waals surface area contributed by atoms with Crippen LogP contribution in [0.2, 0.25) is 0 Å². The van der Waals surface area contributed by atoms with Gasteiger partial charge < -0.3 is 15.5 Å². The average Bonchev–Trinajstić information content (AvgIpc) is 2.43. The van der Waals surface area contributed by atoms with Crippen LogP contribution in [0.15, 0.2) is 47.4 Å². The van der Waals surface area contributed by atoms with Crippen molar-refractivity contribution in [3.63, 3.8) is 0 Å². The summed E-state index contributed by atoms with van der Waals surface area (Å²) >= 11 is 0. The van der Waals surface area contributed by atoms with E-state index in [9.17, 15) is 23.1 Å². The Balaban J connectivity index is 0.00000288. The number of rotatable bonds is 4. The second-order valence-corrected chi connectivity index (χ2v) is 5.91. The Bertz CT molecular complexity index is 938. The second kappa shape index (κ2) is 7.77. The maximum Gasteiger partial charge on any atom is 1.00 e. The molecule has 120 valence electrons. The fourth-order valence-electron chi connectivity index (χ4n) is 1.87. The van der Waals surface area contributed by atoms with Crippen LogP contribution in [0.4, 0.5) is 5.69 Å². The molecule has 24 heavy (non-hydrogen) atoms. The quantitative estimate of drug-likeness (QED) is 0.318. The number of nitrogens with one attached hydrogen (secondary N) is 1. The zero-order valence-electron chi connectivity index (χ0n) is 12.4. The van der Waals surface area contributed by atoms with Gasteiger partial charge in [0.2, 0.25) is 5.91 Å². The van der Waals surface area contributed by atoms with Crippen molar-refractivity contribution in [2.75, 3.05) is 5.32 Å². The van der Waals surface area contributed by atoms with Crippen molar-refractivity contribution in [3.05, 3.63) is 42.5 Å². The number of benzene rings is 2. The van der Waals surface area contributed by atoms with E-state index in [1.807, 2.05) is 0 Å². The van der Waals surface area contributed by atoms with Gasteiger partial charge in [-0.25, -0.2) is 4.79 Å². The number of carbonyl (C=O) groups is 2. The van der Waals surface area contributed by atoms with Gasteiger partial charge in [-0.2, -0.15) is 8.42 Å². The molecule has 0 heterocycles. The van der Waals surface area contributed by atoms with Crippen LogP contribution >= 0.6 is 0 Å². The molecule has 2 aromatic rings. The van der Waals surface area contributed by atoms with Crippen LogP contribution in [0.25, 0.3) is 10.8 Å². The van der Waals surface area contributed by atoms with E-state index in [-0.39, 0.29) is 46.0 Å². The van der Waals surface area contributed by atoms with Gasteiger partial charge in [0.25, 0.3) is 10.1 Å². The predicted octanol–water partition coefficient (Wildman–Crippen LogP) is -2.26. The summed E-state index contributed by atoms with van der Waals surface area (Å²) in [5, 5.41) is 23.0. The molecule has 0 aliphatic rings. The molecule has 8 nitrogen and oxygen atoms in total. The topological polar surface area (TPSA) is 144 Å². The summed E-state index contributed by atoms with van der Waals surface area (Å²) in [5.41, 5.74) is 0.226. The molecular formula is C14H10NNaO7S. The molecule has 0 atom stereocenters. The SMILES string of the molecule is O=C(O)/C=C/C(=O)Nc1ccc2c([O-])cc(S(=O)(=O)O)cc2c1.[Na+]. The monoisotopic (exact) mass is 359 g/mol. The van der Waals surface area contributed by atoms with Crippen LogP contribution < -0.4 is 40.0 Å². The average molecular weight is 359 g/mol. The van der Waals surface area contributed by atoms with Crippen molar-refractivity contribution < 1.29 is 62.3 Å². The minimum absolute atomic E-state index is 0. The Morgan fingerprint density at radius 2 is 1.79 bits per heavy atom. The number of aliphatic carboxylic acids is 1. The van der Waals surface area contributed by atoms with Crippen molar-refractivity contribution in [2.45, 2.75) is 4.90 Å². The molecule has 0 bridgehead atoms. The van der Waals surface area contributed by atoms with Gasteiger partial charge >= 0.3 is 35.5 Å². The molecule has 3 N–H and O–H groups in total. The van der Waals surface area contributed by atoms with Gasteiger partial charge in [0.15, 0.2) is 0 Å². The maximum atomic E-state index is 11.8. The van der Waals surface area contributed by atoms with E-state index in [0.717, 1.165) is 18.2 Å². The molecule has 0 saturated heterocycles. The molecule has 0 radical (unpaired) electrons. The summed E-state index contributed by atoms with van der Waals surface area (Å²) in [5.74, 6) is -2.59. The van der Waals surface area contributed by atoms with E-state index in [1.165, 1.54) is 18.2 Å². The van der Waals surface area contributed by atoms with Crippen molar-refractivity contribution in [3.8, 4) is 5.75 Å². The van der Waals surface area contributed by atoms with Crippen LogP contribution in [-0.4, -0.2) is 30.0 Å². The van der Waals surface area contributed by atoms with Crippen LogP contribution in [-0.2, 0) is 19.7 Å². The third kappa shape index (κ3) is 5.05. The number of carboxylic acids is 1. The van der Waals surface area contributed by atoms with Crippen LogP contribution in [0.3, 0.4) is 0 Å². The van der Waals surface area contributed by atoms with Crippen molar-refractivity contribution in [1.82, 2.24) is 0 Å². The van der Waals surface area contributed by atoms with Crippen molar-refractivity contribution in [2.24, 2.45) is 0 Å². The standard InChI is InChI=1S/C14H11NO7S.Na/c16-12-7-10(23(20,21)22)6-8-5-9(1-2-11(8)12)15-13(17)3-4-14(18)19;/h1-7,16H,(H,15,17)(H,18,19)(H,20,21,22);/q;+1/p-1/b4-3+;. The Hall–Kier alpha value is -1.91. The van der Waals surface area contributed by atoms with Crippen molar-refractivity contribution in [1.29, 1.82) is 0 Å². The first-order valence-corrected chi connectivity index (χ1v) is 7.55. The Labute approximate surface area is 158 Å². The molecule has 0 saturated carbocycles. The van der Waals surface area contributed by atoms with Gasteiger partial charge in [0, 0.05) is 17.8 Å². The summed E-state index contributed by atoms with van der Waals surface area (Å²) < 4.78 is 31.3. The van der Waals surface area contributed by atoms with E-state index in [0.29, 0.717) is 6.08 Å². The first-order chi connectivity index (χ1) is 10.7. The summed E-state index contributed by atoms with van der Waals surface area (Å²) in [6, 6.07) is 6.00. The molecule has 2 rings (SSSR count). The first kappa shape index (κ1) is 20.1. The third-order valence-electron chi connectivity index (χ3n) is 2.83. The predicted molar refractivity (Wildman–Crippen MR) is 78.6 cm³/mol. The largest absolute Gasteiger partial charge is 1.00 e. The maximum absolute atomic E-state index is 11.8. The van der Waals surface area contributed by atoms with Gasteiger partial charge in [0.05, 0.1) is 4.90 Å². The zero-order chi connectivity index (χ0) is 17.2. The van der Waals surface area contributed by atoms with E-state index >= 15 is 0 Å². The van der Waals surface area contributed by atoms with Gasteiger partial charge in [-0.3, -0.25) is 9.35 Å². The van der Waals surface area contributed by atoms with Crippen LogP contribution in [0, 0.1) is 0 Å². The zero-order valence-corrected chi connectivity index (χ0v) is 15.2. The fourth-order valence-corrected chi connectivity index (χ4v) is 2.40. The molecule has 0 unspecified atom stereocenters. The first-order valence-electron chi connectivity index (χ1n) is 6.11. The minimum Gasteiger partial charge on any atom is -0.872 e.